The molecule has 0 aliphatic carbocycles. The molecule has 15 heavy (non-hydrogen) atoms. The summed E-state index contributed by atoms with van der Waals surface area (Å²) in [6, 6.07) is -0.749. The first-order chi connectivity index (χ1) is 6.96. The molecule has 1 fully saturated rings. The van der Waals surface area contributed by atoms with Gasteiger partial charge in [0.1, 0.15) is 6.04 Å². The summed E-state index contributed by atoms with van der Waals surface area (Å²) >= 11 is 0. The first-order valence-corrected chi connectivity index (χ1v) is 7.11. The number of hydrogen-bond donors (Lipinski definition) is 0. The minimum absolute atomic E-state index is 0.242. The molecule has 1 aliphatic heterocycles. The summed E-state index contributed by atoms with van der Waals surface area (Å²) in [6.07, 6.45) is 2.01. The Labute approximate surface area is 93.9 Å². The number of carbonyl (C=O) groups is 1. The Kier molecular flexibility index (Phi) is 4.36. The molecule has 88 valence electrons. The fraction of sp³-hybridized carbons (Fsp3) is 0.875. The van der Waals surface area contributed by atoms with Gasteiger partial charge < -0.3 is 4.74 Å². The summed E-state index contributed by atoms with van der Waals surface area (Å²) < 4.78 is 28.2. The highest BCUT2D eigenvalue weighted by molar-refractivity contribution is 8.11. The van der Waals surface area contributed by atoms with E-state index in [-0.39, 0.29) is 13.2 Å². The molecule has 0 aromatic carbocycles. The van der Waals surface area contributed by atoms with Crippen LogP contribution in [0.2, 0.25) is 0 Å². The van der Waals surface area contributed by atoms with Crippen molar-refractivity contribution in [1.82, 2.24) is 4.31 Å². The average Bonchev–Trinajstić information content (AvgIpc) is 2.17. The zero-order valence-corrected chi connectivity index (χ0v) is 10.1. The van der Waals surface area contributed by atoms with E-state index in [0.29, 0.717) is 6.42 Å². The maximum absolute atomic E-state index is 11.5. The van der Waals surface area contributed by atoms with E-state index >= 15 is 0 Å². The van der Waals surface area contributed by atoms with Crippen molar-refractivity contribution >= 4 is 25.9 Å². The zero-order valence-electron chi connectivity index (χ0n) is 8.48. The highest BCUT2D eigenvalue weighted by atomic mass is 35.7. The molecule has 1 rings (SSSR count). The lowest BCUT2D eigenvalue weighted by Crippen LogP contribution is -2.46. The first-order valence-electron chi connectivity index (χ1n) is 4.85. The number of rotatable bonds is 3. The Bertz CT molecular complexity index is 330. The molecule has 7 heteroatoms. The summed E-state index contributed by atoms with van der Waals surface area (Å²) in [4.78, 5) is 11.5. The zero-order chi connectivity index (χ0) is 11.5. The van der Waals surface area contributed by atoms with Gasteiger partial charge in [0.2, 0.25) is 0 Å². The molecule has 1 saturated heterocycles. The summed E-state index contributed by atoms with van der Waals surface area (Å²) in [7, 11) is 1.41. The Morgan fingerprint density at radius 3 is 2.73 bits per heavy atom. The fourth-order valence-corrected chi connectivity index (χ4v) is 2.98. The van der Waals surface area contributed by atoms with E-state index in [0.717, 1.165) is 17.1 Å². The van der Waals surface area contributed by atoms with E-state index in [2.05, 4.69) is 0 Å². The van der Waals surface area contributed by atoms with Crippen molar-refractivity contribution in [2.24, 2.45) is 0 Å². The van der Waals surface area contributed by atoms with Crippen LogP contribution in [-0.2, 0) is 18.8 Å². The van der Waals surface area contributed by atoms with Crippen molar-refractivity contribution in [3.8, 4) is 0 Å². The Balaban J connectivity index is 2.79. The minimum atomic E-state index is -3.83. The van der Waals surface area contributed by atoms with Crippen LogP contribution in [0.1, 0.15) is 26.2 Å². The van der Waals surface area contributed by atoms with Crippen LogP contribution in [0, 0.1) is 0 Å². The van der Waals surface area contributed by atoms with Crippen molar-refractivity contribution < 1.29 is 17.9 Å². The van der Waals surface area contributed by atoms with Crippen molar-refractivity contribution in [1.29, 1.82) is 0 Å². The lowest BCUT2D eigenvalue weighted by molar-refractivity contribution is -0.148. The summed E-state index contributed by atoms with van der Waals surface area (Å²) in [5, 5.41) is 0. The monoisotopic (exact) mass is 255 g/mol. The van der Waals surface area contributed by atoms with E-state index in [1.54, 1.807) is 6.92 Å². The number of halogens is 1. The van der Waals surface area contributed by atoms with Gasteiger partial charge in [0, 0.05) is 17.2 Å². The van der Waals surface area contributed by atoms with Crippen LogP contribution < -0.4 is 0 Å². The smallest absolute Gasteiger partial charge is 0.324 e. The maximum atomic E-state index is 11.5. The van der Waals surface area contributed by atoms with E-state index in [1.807, 2.05) is 0 Å². The molecule has 0 amide bonds. The highest BCUT2D eigenvalue weighted by Gasteiger charge is 2.36. The maximum Gasteiger partial charge on any atom is 0.324 e. The van der Waals surface area contributed by atoms with E-state index in [1.165, 1.54) is 0 Å². The van der Waals surface area contributed by atoms with Gasteiger partial charge in [-0.3, -0.25) is 4.79 Å². The van der Waals surface area contributed by atoms with Crippen molar-refractivity contribution in [2.75, 3.05) is 13.2 Å². The molecule has 1 heterocycles. The van der Waals surface area contributed by atoms with Crippen LogP contribution in [0.5, 0.6) is 0 Å². The van der Waals surface area contributed by atoms with Crippen LogP contribution >= 0.6 is 10.7 Å². The second-order valence-electron chi connectivity index (χ2n) is 3.32. The standard InChI is InChI=1S/C8H14ClNO4S/c1-2-14-8(11)7-5-3-4-6-10(7)15(9,12)13/h7H,2-6H2,1H3/t7-/m0/s1. The van der Waals surface area contributed by atoms with Gasteiger partial charge in [-0.15, -0.1) is 0 Å². The Hall–Kier alpha value is -0.330. The molecule has 0 bridgehead atoms. The summed E-state index contributed by atoms with van der Waals surface area (Å²) in [5.74, 6) is -0.513. The average molecular weight is 256 g/mol. The summed E-state index contributed by atoms with van der Waals surface area (Å²) in [6.45, 7) is 2.21. The topological polar surface area (TPSA) is 63.7 Å². The molecule has 0 aromatic rings. The third-order valence-corrected chi connectivity index (χ3v) is 3.82. The van der Waals surface area contributed by atoms with Gasteiger partial charge in [-0.05, 0) is 26.2 Å². The molecule has 0 unspecified atom stereocenters. The first kappa shape index (κ1) is 12.7. The number of ether oxygens (including phenoxy) is 1. The minimum Gasteiger partial charge on any atom is -0.465 e. The van der Waals surface area contributed by atoms with Crippen molar-refractivity contribution in [3.05, 3.63) is 0 Å². The Morgan fingerprint density at radius 2 is 2.20 bits per heavy atom. The fourth-order valence-electron chi connectivity index (χ4n) is 1.64. The SMILES string of the molecule is CCOC(=O)[C@@H]1CCCCN1S(=O)(=O)Cl. The molecular formula is C8H14ClNO4S. The molecule has 1 aliphatic rings. The molecule has 1 atom stereocenters. The normalized spacial score (nSPS) is 23.7. The third-order valence-electron chi connectivity index (χ3n) is 2.29. The summed E-state index contributed by atoms with van der Waals surface area (Å²) in [5.41, 5.74) is 0. The van der Waals surface area contributed by atoms with Crippen LogP contribution in [-0.4, -0.2) is 37.9 Å². The van der Waals surface area contributed by atoms with Crippen LogP contribution in [0.15, 0.2) is 0 Å². The lowest BCUT2D eigenvalue weighted by Gasteiger charge is -2.30. The molecule has 0 N–H and O–H groups in total. The van der Waals surface area contributed by atoms with Crippen LogP contribution in [0.4, 0.5) is 0 Å². The van der Waals surface area contributed by atoms with E-state index < -0.39 is 21.2 Å². The second-order valence-corrected chi connectivity index (χ2v) is 5.78. The number of hydrogen-bond acceptors (Lipinski definition) is 4. The lowest BCUT2D eigenvalue weighted by atomic mass is 10.1. The van der Waals surface area contributed by atoms with E-state index in [4.69, 9.17) is 15.4 Å². The number of carbonyl (C=O) groups excluding carboxylic acids is 1. The number of nitrogens with zero attached hydrogens (tertiary/aromatic N) is 1. The van der Waals surface area contributed by atoms with Crippen LogP contribution in [0.25, 0.3) is 0 Å². The molecule has 0 spiro atoms. The van der Waals surface area contributed by atoms with Crippen LogP contribution in [0.3, 0.4) is 0 Å². The molecule has 0 saturated carbocycles. The largest absolute Gasteiger partial charge is 0.465 e. The Morgan fingerprint density at radius 1 is 1.53 bits per heavy atom. The molecular weight excluding hydrogens is 242 g/mol. The van der Waals surface area contributed by atoms with Gasteiger partial charge in [-0.25, -0.2) is 0 Å². The van der Waals surface area contributed by atoms with Crippen molar-refractivity contribution in [3.63, 3.8) is 0 Å². The van der Waals surface area contributed by atoms with Crippen molar-refractivity contribution in [2.45, 2.75) is 32.2 Å². The second kappa shape index (κ2) is 5.14. The van der Waals surface area contributed by atoms with Gasteiger partial charge >= 0.3 is 15.2 Å². The highest BCUT2D eigenvalue weighted by Crippen LogP contribution is 2.23. The quantitative estimate of drug-likeness (QED) is 0.555. The molecule has 5 nitrogen and oxygen atoms in total. The van der Waals surface area contributed by atoms with Gasteiger partial charge in [-0.1, -0.05) is 0 Å². The van der Waals surface area contributed by atoms with Gasteiger partial charge in [0.15, 0.2) is 0 Å². The predicted octanol–water partition coefficient (Wildman–Crippen LogP) is 0.888. The predicted molar refractivity (Wildman–Crippen MR) is 55.8 cm³/mol. The van der Waals surface area contributed by atoms with Gasteiger partial charge in [-0.2, -0.15) is 12.7 Å². The number of esters is 1. The third kappa shape index (κ3) is 3.32. The molecule has 0 aromatic heterocycles. The van der Waals surface area contributed by atoms with Gasteiger partial charge in [0.05, 0.1) is 6.61 Å². The number of piperidine rings is 1. The van der Waals surface area contributed by atoms with E-state index in [9.17, 15) is 13.2 Å². The van der Waals surface area contributed by atoms with Gasteiger partial charge in [0.25, 0.3) is 0 Å². The molecule has 0 radical (unpaired) electrons.